The van der Waals surface area contributed by atoms with Crippen molar-refractivity contribution < 1.29 is 4.79 Å². The number of carbonyl (C=O) groups is 1. The fourth-order valence-electron chi connectivity index (χ4n) is 2.70. The lowest BCUT2D eigenvalue weighted by atomic mass is 10.1. The molecule has 110 valence electrons. The highest BCUT2D eigenvalue weighted by Gasteiger charge is 2.22. The van der Waals surface area contributed by atoms with Crippen molar-refractivity contribution in [3.05, 3.63) is 46.3 Å². The van der Waals surface area contributed by atoms with Gasteiger partial charge < -0.3 is 4.90 Å². The molecule has 0 radical (unpaired) electrons. The molecule has 0 saturated carbocycles. The van der Waals surface area contributed by atoms with Crippen molar-refractivity contribution >= 4 is 28.8 Å². The second-order valence-corrected chi connectivity index (χ2v) is 7.02. The van der Waals surface area contributed by atoms with Gasteiger partial charge in [0.25, 0.3) is 5.91 Å². The van der Waals surface area contributed by atoms with Gasteiger partial charge in [0.1, 0.15) is 4.34 Å². The van der Waals surface area contributed by atoms with E-state index in [0.29, 0.717) is 9.90 Å². The molecule has 1 amide bonds. The normalized spacial score (nSPS) is 15.8. The Balaban J connectivity index is 1.85. The lowest BCUT2D eigenvalue weighted by Gasteiger charge is -2.19. The quantitative estimate of drug-likeness (QED) is 0.755. The van der Waals surface area contributed by atoms with Crippen LogP contribution in [0.1, 0.15) is 36.0 Å². The predicted octanol–water partition coefficient (Wildman–Crippen LogP) is 5.08. The van der Waals surface area contributed by atoms with Crippen molar-refractivity contribution in [2.75, 3.05) is 13.1 Å². The van der Waals surface area contributed by atoms with Gasteiger partial charge in [0, 0.05) is 18.0 Å². The maximum Gasteiger partial charge on any atom is 0.256 e. The van der Waals surface area contributed by atoms with Crippen LogP contribution in [-0.2, 0) is 0 Å². The van der Waals surface area contributed by atoms with Gasteiger partial charge in [-0.05, 0) is 24.5 Å². The van der Waals surface area contributed by atoms with Gasteiger partial charge in [-0.15, -0.1) is 11.3 Å². The number of nitrogens with zero attached hydrogens (tertiary/aromatic N) is 1. The maximum atomic E-state index is 12.7. The first-order valence-electron chi connectivity index (χ1n) is 7.40. The van der Waals surface area contributed by atoms with Crippen LogP contribution in [0.2, 0.25) is 4.34 Å². The van der Waals surface area contributed by atoms with Crippen LogP contribution in [-0.4, -0.2) is 23.9 Å². The Labute approximate surface area is 134 Å². The number of hydrogen-bond donors (Lipinski definition) is 0. The van der Waals surface area contributed by atoms with E-state index in [9.17, 15) is 4.79 Å². The van der Waals surface area contributed by atoms with Crippen molar-refractivity contribution in [3.63, 3.8) is 0 Å². The average Bonchev–Trinajstić information content (AvgIpc) is 2.74. The van der Waals surface area contributed by atoms with Gasteiger partial charge in [-0.1, -0.05) is 54.8 Å². The molecule has 0 aliphatic carbocycles. The van der Waals surface area contributed by atoms with Crippen LogP contribution in [0.25, 0.3) is 10.4 Å². The molecule has 4 heteroatoms. The van der Waals surface area contributed by atoms with E-state index in [1.54, 1.807) is 0 Å². The minimum absolute atomic E-state index is 0.0836. The van der Waals surface area contributed by atoms with E-state index in [1.165, 1.54) is 24.2 Å². The van der Waals surface area contributed by atoms with E-state index in [4.69, 9.17) is 11.6 Å². The summed E-state index contributed by atoms with van der Waals surface area (Å²) in [6, 6.07) is 12.0. The number of thiophene rings is 1. The van der Waals surface area contributed by atoms with E-state index in [-0.39, 0.29) is 5.91 Å². The first-order chi connectivity index (χ1) is 10.3. The zero-order chi connectivity index (χ0) is 14.7. The largest absolute Gasteiger partial charge is 0.339 e. The molecule has 1 aromatic heterocycles. The Bertz CT molecular complexity index is 615. The van der Waals surface area contributed by atoms with Crippen LogP contribution in [0.15, 0.2) is 36.4 Å². The van der Waals surface area contributed by atoms with Crippen LogP contribution < -0.4 is 0 Å². The molecular formula is C17H18ClNOS. The molecule has 0 N–H and O–H groups in total. The van der Waals surface area contributed by atoms with Gasteiger partial charge in [0.15, 0.2) is 0 Å². The monoisotopic (exact) mass is 319 g/mol. The minimum Gasteiger partial charge on any atom is -0.339 e. The molecule has 1 aromatic carbocycles. The number of hydrogen-bond acceptors (Lipinski definition) is 2. The van der Waals surface area contributed by atoms with Crippen molar-refractivity contribution in [1.29, 1.82) is 0 Å². The lowest BCUT2D eigenvalue weighted by molar-refractivity contribution is 0.0762. The lowest BCUT2D eigenvalue weighted by Crippen LogP contribution is -2.31. The summed E-state index contributed by atoms with van der Waals surface area (Å²) in [4.78, 5) is 15.7. The Kier molecular flexibility index (Phi) is 4.61. The number of carbonyl (C=O) groups excluding carboxylic acids is 1. The third-order valence-corrected chi connectivity index (χ3v) is 5.28. The molecule has 1 fully saturated rings. The molecule has 0 bridgehead atoms. The molecule has 2 heterocycles. The minimum atomic E-state index is 0.0836. The summed E-state index contributed by atoms with van der Waals surface area (Å²) >= 11 is 7.80. The molecule has 2 aromatic rings. The fraction of sp³-hybridized carbons (Fsp3) is 0.353. The number of amides is 1. The molecule has 3 rings (SSSR count). The van der Waals surface area contributed by atoms with Crippen molar-refractivity contribution in [2.24, 2.45) is 0 Å². The molecule has 0 unspecified atom stereocenters. The van der Waals surface area contributed by atoms with Crippen molar-refractivity contribution in [3.8, 4) is 10.4 Å². The number of benzene rings is 1. The molecule has 1 saturated heterocycles. The average molecular weight is 320 g/mol. The standard InChI is InChI=1S/C17H18ClNOS/c18-16-14(17(20)19-10-6-1-2-7-11-19)12-15(21-16)13-8-4-3-5-9-13/h3-5,8-9,12H,1-2,6-7,10-11H2. The second kappa shape index (κ2) is 6.63. The van der Waals surface area contributed by atoms with Gasteiger partial charge in [-0.2, -0.15) is 0 Å². The Morgan fingerprint density at radius 1 is 1.05 bits per heavy atom. The summed E-state index contributed by atoms with van der Waals surface area (Å²) in [7, 11) is 0. The smallest absolute Gasteiger partial charge is 0.256 e. The van der Waals surface area contributed by atoms with Crippen LogP contribution in [0.3, 0.4) is 0 Å². The fourth-order valence-corrected chi connectivity index (χ4v) is 3.97. The molecule has 0 spiro atoms. The second-order valence-electron chi connectivity index (χ2n) is 5.37. The summed E-state index contributed by atoms with van der Waals surface area (Å²) in [6.07, 6.45) is 4.63. The highest BCUT2D eigenvalue weighted by molar-refractivity contribution is 7.19. The molecular weight excluding hydrogens is 302 g/mol. The molecule has 1 aliphatic heterocycles. The highest BCUT2D eigenvalue weighted by atomic mass is 35.5. The van der Waals surface area contributed by atoms with Gasteiger partial charge in [0.05, 0.1) is 5.56 Å². The molecule has 21 heavy (non-hydrogen) atoms. The maximum absolute atomic E-state index is 12.7. The van der Waals surface area contributed by atoms with Crippen LogP contribution in [0, 0.1) is 0 Å². The molecule has 1 aliphatic rings. The van der Waals surface area contributed by atoms with Crippen molar-refractivity contribution in [2.45, 2.75) is 25.7 Å². The van der Waals surface area contributed by atoms with E-state index in [2.05, 4.69) is 0 Å². The Morgan fingerprint density at radius 3 is 2.38 bits per heavy atom. The number of rotatable bonds is 2. The molecule has 0 atom stereocenters. The zero-order valence-electron chi connectivity index (χ0n) is 11.8. The van der Waals surface area contributed by atoms with E-state index in [0.717, 1.165) is 36.4 Å². The van der Waals surface area contributed by atoms with Gasteiger partial charge in [-0.25, -0.2) is 0 Å². The van der Waals surface area contributed by atoms with Gasteiger partial charge in [0.2, 0.25) is 0 Å². The third kappa shape index (κ3) is 3.30. The van der Waals surface area contributed by atoms with E-state index >= 15 is 0 Å². The number of halogens is 1. The highest BCUT2D eigenvalue weighted by Crippen LogP contribution is 2.35. The topological polar surface area (TPSA) is 20.3 Å². The van der Waals surface area contributed by atoms with Gasteiger partial charge in [-0.3, -0.25) is 4.79 Å². The summed E-state index contributed by atoms with van der Waals surface area (Å²) in [6.45, 7) is 1.71. The summed E-state index contributed by atoms with van der Waals surface area (Å²) in [5.74, 6) is 0.0836. The first kappa shape index (κ1) is 14.6. The van der Waals surface area contributed by atoms with Crippen molar-refractivity contribution in [1.82, 2.24) is 4.90 Å². The van der Waals surface area contributed by atoms with E-state index in [1.807, 2.05) is 41.3 Å². The summed E-state index contributed by atoms with van der Waals surface area (Å²) in [5, 5.41) is 0. The SMILES string of the molecule is O=C(c1cc(-c2ccccc2)sc1Cl)N1CCCCCC1. The Hall–Kier alpha value is -1.32. The van der Waals surface area contributed by atoms with Gasteiger partial charge >= 0.3 is 0 Å². The zero-order valence-corrected chi connectivity index (χ0v) is 13.4. The predicted molar refractivity (Wildman–Crippen MR) is 89.1 cm³/mol. The Morgan fingerprint density at radius 2 is 1.71 bits per heavy atom. The summed E-state index contributed by atoms with van der Waals surface area (Å²) in [5.41, 5.74) is 1.77. The van der Waals surface area contributed by atoms with Crippen LogP contribution >= 0.6 is 22.9 Å². The molecule has 2 nitrogen and oxygen atoms in total. The van der Waals surface area contributed by atoms with Crippen LogP contribution in [0.4, 0.5) is 0 Å². The summed E-state index contributed by atoms with van der Waals surface area (Å²) < 4.78 is 0.600. The van der Waals surface area contributed by atoms with Crippen LogP contribution in [0.5, 0.6) is 0 Å². The third-order valence-electron chi connectivity index (χ3n) is 3.87. The first-order valence-corrected chi connectivity index (χ1v) is 8.59. The number of likely N-dealkylation sites (tertiary alicyclic amines) is 1. The van der Waals surface area contributed by atoms with E-state index < -0.39 is 0 Å².